The number of hydrogen-bond donors (Lipinski definition) is 1. The van der Waals surface area contributed by atoms with Crippen molar-refractivity contribution in [2.24, 2.45) is 11.7 Å². The first-order valence-corrected chi connectivity index (χ1v) is 8.95. The van der Waals surface area contributed by atoms with E-state index in [-0.39, 0.29) is 0 Å². The minimum Gasteiger partial charge on any atom is -0.475 e. The number of hydrogen-bond acceptors (Lipinski definition) is 7. The van der Waals surface area contributed by atoms with Gasteiger partial charge in [-0.15, -0.1) is 0 Å². The van der Waals surface area contributed by atoms with Crippen LogP contribution in [0.25, 0.3) is 22.6 Å². The van der Waals surface area contributed by atoms with Gasteiger partial charge < -0.3 is 14.9 Å². The molecule has 0 amide bonds. The molecular formula is C20H25N5O2. The molecule has 7 nitrogen and oxygen atoms in total. The third kappa shape index (κ3) is 4.89. The highest BCUT2D eigenvalue weighted by atomic mass is 16.5. The van der Waals surface area contributed by atoms with Crippen LogP contribution >= 0.6 is 0 Å². The minimum absolute atomic E-state index is 0.352. The lowest BCUT2D eigenvalue weighted by Gasteiger charge is -2.26. The van der Waals surface area contributed by atoms with Crippen LogP contribution in [-0.2, 0) is 0 Å². The molecule has 1 atom stereocenters. The summed E-state index contributed by atoms with van der Waals surface area (Å²) < 4.78 is 11.5. The number of pyridine rings is 1. The summed E-state index contributed by atoms with van der Waals surface area (Å²) in [5.41, 5.74) is 8.26. The topological polar surface area (TPSA) is 100.0 Å². The molecular weight excluding hydrogens is 342 g/mol. The molecule has 0 aliphatic heterocycles. The van der Waals surface area contributed by atoms with Crippen LogP contribution in [0.1, 0.15) is 33.0 Å². The lowest BCUT2D eigenvalue weighted by atomic mass is 9.93. The molecule has 0 saturated carbocycles. The largest absolute Gasteiger partial charge is 0.475 e. The molecule has 142 valence electrons. The Labute approximate surface area is 159 Å². The molecule has 0 fully saturated rings. The van der Waals surface area contributed by atoms with Crippen LogP contribution in [0.2, 0.25) is 0 Å². The molecule has 0 aliphatic carbocycles. The zero-order valence-corrected chi connectivity index (χ0v) is 16.1. The van der Waals surface area contributed by atoms with E-state index in [4.69, 9.17) is 14.9 Å². The Bertz CT molecular complexity index is 891. The fourth-order valence-corrected chi connectivity index (χ4v) is 3.07. The van der Waals surface area contributed by atoms with Crippen molar-refractivity contribution < 1.29 is 9.15 Å². The summed E-state index contributed by atoms with van der Waals surface area (Å²) in [7, 11) is 0. The molecule has 0 saturated heterocycles. The maximum absolute atomic E-state index is 6.37. The molecule has 0 aliphatic rings. The van der Waals surface area contributed by atoms with Gasteiger partial charge in [-0.2, -0.15) is 0 Å². The van der Waals surface area contributed by atoms with Crippen LogP contribution in [0.15, 0.2) is 41.5 Å². The van der Waals surface area contributed by atoms with Crippen LogP contribution in [0.4, 0.5) is 0 Å². The smallest absolute Gasteiger partial charge is 0.224 e. The van der Waals surface area contributed by atoms with E-state index in [1.807, 2.05) is 26.0 Å². The van der Waals surface area contributed by atoms with Gasteiger partial charge in [0.2, 0.25) is 5.88 Å². The second-order valence-corrected chi connectivity index (χ2v) is 7.47. The van der Waals surface area contributed by atoms with Crippen molar-refractivity contribution in [3.63, 3.8) is 0 Å². The second-order valence-electron chi connectivity index (χ2n) is 7.47. The summed E-state index contributed by atoms with van der Waals surface area (Å²) in [4.78, 5) is 17.1. The van der Waals surface area contributed by atoms with Crippen LogP contribution in [-0.4, -0.2) is 32.1 Å². The molecule has 3 rings (SSSR count). The Kier molecular flexibility index (Phi) is 5.51. The van der Waals surface area contributed by atoms with Crippen molar-refractivity contribution in [2.45, 2.75) is 39.7 Å². The Balaban J connectivity index is 1.92. The number of nitrogens with two attached hydrogens (primary N) is 1. The molecule has 27 heavy (non-hydrogen) atoms. The first-order chi connectivity index (χ1) is 12.8. The van der Waals surface area contributed by atoms with E-state index in [1.165, 1.54) is 6.39 Å². The third-order valence-electron chi connectivity index (χ3n) is 4.03. The summed E-state index contributed by atoms with van der Waals surface area (Å²) in [6, 6.07) is 3.77. The average Bonchev–Trinajstić information content (AvgIpc) is 3.13. The van der Waals surface area contributed by atoms with Gasteiger partial charge in [0, 0.05) is 23.5 Å². The lowest BCUT2D eigenvalue weighted by Crippen LogP contribution is -2.43. The van der Waals surface area contributed by atoms with Gasteiger partial charge in [0.15, 0.2) is 12.2 Å². The van der Waals surface area contributed by atoms with E-state index in [0.717, 1.165) is 17.7 Å². The van der Waals surface area contributed by atoms with Crippen LogP contribution in [0, 0.1) is 12.8 Å². The molecule has 3 aromatic heterocycles. The van der Waals surface area contributed by atoms with Crippen molar-refractivity contribution in [1.29, 1.82) is 0 Å². The molecule has 2 N–H and O–H groups in total. The van der Waals surface area contributed by atoms with Crippen LogP contribution < -0.4 is 10.5 Å². The normalized spacial score (nSPS) is 13.6. The zero-order valence-electron chi connectivity index (χ0n) is 16.1. The standard InChI is InChI=1S/C20H25N5O2/c1-13(2)8-20(4,21)11-26-19-16(18-10-22-12-27-18)7-15(9-24-19)17-5-6-23-14(3)25-17/h5-7,9-10,12-13H,8,11,21H2,1-4H3/t20-/m0/s1. The van der Waals surface area contributed by atoms with E-state index in [2.05, 4.69) is 33.8 Å². The Morgan fingerprint density at radius 2 is 2.07 bits per heavy atom. The first-order valence-electron chi connectivity index (χ1n) is 8.95. The highest BCUT2D eigenvalue weighted by Gasteiger charge is 2.23. The summed E-state index contributed by atoms with van der Waals surface area (Å²) >= 11 is 0. The fraction of sp³-hybridized carbons (Fsp3) is 0.400. The Morgan fingerprint density at radius 3 is 2.74 bits per heavy atom. The third-order valence-corrected chi connectivity index (χ3v) is 4.03. The van der Waals surface area contributed by atoms with E-state index >= 15 is 0 Å². The first kappa shape index (κ1) is 19.0. The number of aryl methyl sites for hydroxylation is 1. The monoisotopic (exact) mass is 367 g/mol. The molecule has 0 bridgehead atoms. The fourth-order valence-electron chi connectivity index (χ4n) is 3.07. The summed E-state index contributed by atoms with van der Waals surface area (Å²) in [5.74, 6) is 2.21. The molecule has 3 heterocycles. The number of aromatic nitrogens is 4. The predicted molar refractivity (Wildman–Crippen MR) is 103 cm³/mol. The van der Waals surface area contributed by atoms with Gasteiger partial charge >= 0.3 is 0 Å². The average molecular weight is 367 g/mol. The van der Waals surface area contributed by atoms with Gasteiger partial charge in [-0.25, -0.2) is 19.9 Å². The maximum Gasteiger partial charge on any atom is 0.224 e. The molecule has 0 aromatic carbocycles. The zero-order chi connectivity index (χ0) is 19.4. The molecule has 0 unspecified atom stereocenters. The number of nitrogens with zero attached hydrogens (tertiary/aromatic N) is 4. The minimum atomic E-state index is -0.447. The summed E-state index contributed by atoms with van der Waals surface area (Å²) in [6.45, 7) is 8.47. The van der Waals surface area contributed by atoms with Gasteiger partial charge in [-0.05, 0) is 38.3 Å². The van der Waals surface area contributed by atoms with Gasteiger partial charge in [0.25, 0.3) is 0 Å². The maximum atomic E-state index is 6.37. The van der Waals surface area contributed by atoms with Gasteiger partial charge in [0.05, 0.1) is 17.5 Å². The molecule has 3 aromatic rings. The number of oxazole rings is 1. The van der Waals surface area contributed by atoms with Crippen LogP contribution in [0.5, 0.6) is 5.88 Å². The SMILES string of the molecule is Cc1nccc(-c2cnc(OC[C@@](C)(N)CC(C)C)c(-c3cnco3)c2)n1. The number of ether oxygens (including phenoxy) is 1. The van der Waals surface area contributed by atoms with Crippen molar-refractivity contribution in [1.82, 2.24) is 19.9 Å². The van der Waals surface area contributed by atoms with Gasteiger partial charge in [-0.1, -0.05) is 13.8 Å². The van der Waals surface area contributed by atoms with Crippen molar-refractivity contribution in [2.75, 3.05) is 6.61 Å². The van der Waals surface area contributed by atoms with Crippen LogP contribution in [0.3, 0.4) is 0 Å². The van der Waals surface area contributed by atoms with Gasteiger partial charge in [0.1, 0.15) is 12.4 Å². The quantitative estimate of drug-likeness (QED) is 0.680. The molecule has 7 heteroatoms. The number of rotatable bonds is 7. The second kappa shape index (κ2) is 7.84. The molecule has 0 spiro atoms. The summed E-state index contributed by atoms with van der Waals surface area (Å²) in [6.07, 6.45) is 7.32. The highest BCUT2D eigenvalue weighted by Crippen LogP contribution is 2.32. The van der Waals surface area contributed by atoms with Crippen molar-refractivity contribution >= 4 is 0 Å². The van der Waals surface area contributed by atoms with E-state index < -0.39 is 5.54 Å². The summed E-state index contributed by atoms with van der Waals surface area (Å²) in [5, 5.41) is 0. The van der Waals surface area contributed by atoms with E-state index in [0.29, 0.717) is 35.6 Å². The van der Waals surface area contributed by atoms with E-state index in [9.17, 15) is 0 Å². The van der Waals surface area contributed by atoms with Crippen molar-refractivity contribution in [3.05, 3.63) is 42.9 Å². The predicted octanol–water partition coefficient (Wildman–Crippen LogP) is 3.64. The highest BCUT2D eigenvalue weighted by molar-refractivity contribution is 5.71. The van der Waals surface area contributed by atoms with Gasteiger partial charge in [-0.3, -0.25) is 0 Å². The Morgan fingerprint density at radius 1 is 1.26 bits per heavy atom. The Hall–Kier alpha value is -2.80. The lowest BCUT2D eigenvalue weighted by molar-refractivity contribution is 0.201. The molecule has 0 radical (unpaired) electrons. The van der Waals surface area contributed by atoms with Crippen molar-refractivity contribution in [3.8, 4) is 28.5 Å². The van der Waals surface area contributed by atoms with E-state index in [1.54, 1.807) is 18.6 Å².